The summed E-state index contributed by atoms with van der Waals surface area (Å²) in [7, 11) is 0. The third kappa shape index (κ3) is 3.53. The number of furan rings is 1. The van der Waals surface area contributed by atoms with Crippen molar-refractivity contribution in [3.63, 3.8) is 0 Å². The van der Waals surface area contributed by atoms with Crippen LogP contribution in [0.15, 0.2) is 29.2 Å². The highest BCUT2D eigenvalue weighted by Crippen LogP contribution is 2.21. The summed E-state index contributed by atoms with van der Waals surface area (Å²) in [4.78, 5) is 0. The molecule has 3 heteroatoms. The summed E-state index contributed by atoms with van der Waals surface area (Å²) < 4.78 is 5.65. The average molecular weight is 208 g/mol. The lowest BCUT2D eigenvalue weighted by molar-refractivity contribution is 0.379. The third-order valence-electron chi connectivity index (χ3n) is 2.48. The number of allylic oxidation sites excluding steroid dienone is 1. The number of aryl methyl sites for hydroxylation is 1. The summed E-state index contributed by atoms with van der Waals surface area (Å²) in [6, 6.07) is 4.12. The molecule has 0 aliphatic heterocycles. The largest absolute Gasteiger partial charge is 0.464 e. The van der Waals surface area contributed by atoms with Gasteiger partial charge in [0.2, 0.25) is 0 Å². The Balaban J connectivity index is 2.53. The second-order valence-electron chi connectivity index (χ2n) is 3.60. The van der Waals surface area contributed by atoms with Gasteiger partial charge >= 0.3 is 0 Å². The third-order valence-corrected chi connectivity index (χ3v) is 2.48. The van der Waals surface area contributed by atoms with E-state index in [2.05, 4.69) is 18.9 Å². The Labute approximate surface area is 91.3 Å². The first-order chi connectivity index (χ1) is 7.31. The molecule has 0 spiro atoms. The van der Waals surface area contributed by atoms with E-state index in [1.165, 1.54) is 0 Å². The molecule has 3 nitrogen and oxygen atoms in total. The molecule has 1 aromatic heterocycles. The van der Waals surface area contributed by atoms with E-state index in [1.54, 1.807) is 0 Å². The van der Waals surface area contributed by atoms with Crippen LogP contribution in [0.2, 0.25) is 0 Å². The highest BCUT2D eigenvalue weighted by molar-refractivity contribution is 5.10. The fourth-order valence-electron chi connectivity index (χ4n) is 1.55. The molecule has 15 heavy (non-hydrogen) atoms. The summed E-state index contributed by atoms with van der Waals surface area (Å²) in [6.45, 7) is 5.77. The van der Waals surface area contributed by atoms with Crippen LogP contribution >= 0.6 is 0 Å². The molecule has 0 amide bonds. The summed E-state index contributed by atoms with van der Waals surface area (Å²) >= 11 is 0. The van der Waals surface area contributed by atoms with E-state index in [0.29, 0.717) is 0 Å². The molecule has 1 atom stereocenters. The molecule has 0 radical (unpaired) electrons. The van der Waals surface area contributed by atoms with Crippen LogP contribution in [0.5, 0.6) is 0 Å². The Morgan fingerprint density at radius 2 is 2.40 bits per heavy atom. The predicted octanol–water partition coefficient (Wildman–Crippen LogP) is 2.70. The van der Waals surface area contributed by atoms with Crippen molar-refractivity contribution in [1.82, 2.24) is 5.43 Å². The summed E-state index contributed by atoms with van der Waals surface area (Å²) in [5.41, 5.74) is 2.79. The molecule has 0 saturated carbocycles. The Hall–Kier alpha value is -1.06. The van der Waals surface area contributed by atoms with Crippen molar-refractivity contribution in [3.8, 4) is 0 Å². The van der Waals surface area contributed by atoms with Gasteiger partial charge in [0, 0.05) is 6.42 Å². The predicted molar refractivity (Wildman–Crippen MR) is 62.2 cm³/mol. The molecule has 0 bridgehead atoms. The fourth-order valence-corrected chi connectivity index (χ4v) is 1.55. The Kier molecular flexibility index (Phi) is 5.15. The highest BCUT2D eigenvalue weighted by atomic mass is 16.3. The van der Waals surface area contributed by atoms with Crippen LogP contribution in [0.1, 0.15) is 43.7 Å². The summed E-state index contributed by atoms with van der Waals surface area (Å²) in [5, 5.41) is 0. The van der Waals surface area contributed by atoms with Gasteiger partial charge in [-0.2, -0.15) is 0 Å². The van der Waals surface area contributed by atoms with Crippen molar-refractivity contribution in [2.45, 2.75) is 38.6 Å². The topological polar surface area (TPSA) is 51.2 Å². The van der Waals surface area contributed by atoms with E-state index in [4.69, 9.17) is 10.3 Å². The van der Waals surface area contributed by atoms with Gasteiger partial charge in [-0.05, 0) is 31.4 Å². The summed E-state index contributed by atoms with van der Waals surface area (Å²) in [6.07, 6.45) is 5.90. The van der Waals surface area contributed by atoms with Gasteiger partial charge in [-0.15, -0.1) is 6.58 Å². The van der Waals surface area contributed by atoms with E-state index >= 15 is 0 Å². The minimum atomic E-state index is 0.116. The lowest BCUT2D eigenvalue weighted by atomic mass is 10.1. The zero-order valence-electron chi connectivity index (χ0n) is 9.33. The van der Waals surface area contributed by atoms with Crippen molar-refractivity contribution in [1.29, 1.82) is 0 Å². The van der Waals surface area contributed by atoms with Gasteiger partial charge < -0.3 is 4.42 Å². The van der Waals surface area contributed by atoms with Gasteiger partial charge in [-0.1, -0.05) is 13.0 Å². The maximum absolute atomic E-state index is 5.65. The second-order valence-corrected chi connectivity index (χ2v) is 3.60. The van der Waals surface area contributed by atoms with Crippen molar-refractivity contribution < 1.29 is 4.42 Å². The number of nitrogens with two attached hydrogens (primary N) is 1. The van der Waals surface area contributed by atoms with Gasteiger partial charge in [0.25, 0.3) is 0 Å². The van der Waals surface area contributed by atoms with Crippen molar-refractivity contribution in [2.75, 3.05) is 0 Å². The molecule has 84 valence electrons. The average Bonchev–Trinajstić information content (AvgIpc) is 2.73. The van der Waals surface area contributed by atoms with Crippen LogP contribution in [0.3, 0.4) is 0 Å². The van der Waals surface area contributed by atoms with Crippen molar-refractivity contribution >= 4 is 0 Å². The first-order valence-electron chi connectivity index (χ1n) is 5.47. The van der Waals surface area contributed by atoms with Crippen molar-refractivity contribution in [2.24, 2.45) is 5.84 Å². The Bertz CT molecular complexity index is 294. The molecule has 1 rings (SSSR count). The maximum Gasteiger partial charge on any atom is 0.122 e. The molecular weight excluding hydrogens is 188 g/mol. The van der Waals surface area contributed by atoms with E-state index in [0.717, 1.165) is 37.2 Å². The first kappa shape index (κ1) is 12.0. The van der Waals surface area contributed by atoms with Crippen LogP contribution in [0.4, 0.5) is 0 Å². The fraction of sp³-hybridized carbons (Fsp3) is 0.500. The van der Waals surface area contributed by atoms with Gasteiger partial charge in [-0.25, -0.2) is 5.43 Å². The van der Waals surface area contributed by atoms with Crippen LogP contribution in [-0.2, 0) is 6.42 Å². The normalized spacial score (nSPS) is 12.7. The molecule has 3 N–H and O–H groups in total. The SMILES string of the molecule is C=CCCCC(NN)c1ccc(CC)o1. The molecule has 1 unspecified atom stereocenters. The van der Waals surface area contributed by atoms with E-state index in [-0.39, 0.29) is 6.04 Å². The standard InChI is InChI=1S/C12H20N2O/c1-3-5-6-7-11(14-13)12-9-8-10(4-2)15-12/h3,8-9,11,14H,1,4-7,13H2,2H3. The zero-order chi connectivity index (χ0) is 11.1. The van der Waals surface area contributed by atoms with Crippen LogP contribution in [-0.4, -0.2) is 0 Å². The Morgan fingerprint density at radius 1 is 1.60 bits per heavy atom. The number of hydrazine groups is 1. The van der Waals surface area contributed by atoms with E-state index in [9.17, 15) is 0 Å². The number of hydrogen-bond donors (Lipinski definition) is 2. The monoisotopic (exact) mass is 208 g/mol. The lowest BCUT2D eigenvalue weighted by Crippen LogP contribution is -2.27. The number of unbranched alkanes of at least 4 members (excludes halogenated alkanes) is 1. The molecule has 0 fully saturated rings. The Morgan fingerprint density at radius 3 is 2.93 bits per heavy atom. The molecule has 0 saturated heterocycles. The van der Waals surface area contributed by atoms with Gasteiger partial charge in [0.15, 0.2) is 0 Å². The molecule has 0 aliphatic rings. The molecular formula is C12H20N2O. The number of rotatable bonds is 7. The van der Waals surface area contributed by atoms with Crippen LogP contribution in [0, 0.1) is 0 Å². The van der Waals surface area contributed by atoms with E-state index < -0.39 is 0 Å². The second kappa shape index (κ2) is 6.43. The zero-order valence-corrected chi connectivity index (χ0v) is 9.33. The van der Waals surface area contributed by atoms with E-state index in [1.807, 2.05) is 18.2 Å². The quantitative estimate of drug-likeness (QED) is 0.313. The smallest absolute Gasteiger partial charge is 0.122 e. The van der Waals surface area contributed by atoms with Crippen LogP contribution in [0.25, 0.3) is 0 Å². The first-order valence-corrected chi connectivity index (χ1v) is 5.47. The minimum absolute atomic E-state index is 0.116. The molecule has 1 aromatic rings. The van der Waals surface area contributed by atoms with Gasteiger partial charge in [0.05, 0.1) is 6.04 Å². The number of hydrogen-bond acceptors (Lipinski definition) is 3. The molecule has 0 aliphatic carbocycles. The molecule has 1 heterocycles. The lowest BCUT2D eigenvalue weighted by Gasteiger charge is -2.12. The van der Waals surface area contributed by atoms with Gasteiger partial charge in [-0.3, -0.25) is 5.84 Å². The minimum Gasteiger partial charge on any atom is -0.464 e. The highest BCUT2D eigenvalue weighted by Gasteiger charge is 2.12. The van der Waals surface area contributed by atoms with Crippen molar-refractivity contribution in [3.05, 3.63) is 36.3 Å². The summed E-state index contributed by atoms with van der Waals surface area (Å²) in [5.74, 6) is 7.44. The molecule has 0 aromatic carbocycles. The van der Waals surface area contributed by atoms with Crippen LogP contribution < -0.4 is 11.3 Å². The maximum atomic E-state index is 5.65. The van der Waals surface area contributed by atoms with Gasteiger partial charge in [0.1, 0.15) is 11.5 Å². The number of nitrogens with one attached hydrogen (secondary N) is 1.